The summed E-state index contributed by atoms with van der Waals surface area (Å²) in [5.41, 5.74) is 2.01. The fourth-order valence-electron chi connectivity index (χ4n) is 1.52. The van der Waals surface area contributed by atoms with Crippen molar-refractivity contribution >= 4 is 16.9 Å². The summed E-state index contributed by atoms with van der Waals surface area (Å²) in [6.45, 7) is 6.32. The highest BCUT2D eigenvalue weighted by Crippen LogP contribution is 2.20. The van der Waals surface area contributed by atoms with Gasteiger partial charge in [-0.25, -0.2) is 9.97 Å². The van der Waals surface area contributed by atoms with E-state index in [1.807, 2.05) is 6.92 Å². The molecule has 15 heavy (non-hydrogen) atoms. The highest BCUT2D eigenvalue weighted by Gasteiger charge is 2.07. The monoisotopic (exact) mass is 204 g/mol. The maximum absolute atomic E-state index is 4.27. The van der Waals surface area contributed by atoms with E-state index in [2.05, 4.69) is 40.2 Å². The number of aromatic nitrogens is 3. The Morgan fingerprint density at radius 2 is 2.27 bits per heavy atom. The molecule has 2 heterocycles. The number of anilines is 1. The van der Waals surface area contributed by atoms with Crippen LogP contribution < -0.4 is 5.32 Å². The minimum Gasteiger partial charge on any atom is -0.367 e. The summed E-state index contributed by atoms with van der Waals surface area (Å²) in [6, 6.07) is 2.50. The molecule has 0 bridgehead atoms. The summed E-state index contributed by atoms with van der Waals surface area (Å²) < 4.78 is 0. The van der Waals surface area contributed by atoms with Crippen LogP contribution in [0.3, 0.4) is 0 Å². The maximum Gasteiger partial charge on any atom is 0.143 e. The molecule has 0 aliphatic carbocycles. The van der Waals surface area contributed by atoms with E-state index in [1.54, 1.807) is 6.33 Å². The number of rotatable bonds is 3. The van der Waals surface area contributed by atoms with Gasteiger partial charge in [-0.3, -0.25) is 0 Å². The van der Waals surface area contributed by atoms with Crippen LogP contribution in [0, 0.1) is 6.92 Å². The Morgan fingerprint density at radius 3 is 3.00 bits per heavy atom. The molecule has 0 aromatic carbocycles. The molecule has 1 atom stereocenters. The number of nitrogens with one attached hydrogen (secondary N) is 2. The predicted octanol–water partition coefficient (Wildman–Crippen LogP) is 2.48. The molecule has 0 saturated heterocycles. The number of aryl methyl sites for hydroxylation is 1. The topological polar surface area (TPSA) is 53.6 Å². The number of aromatic amines is 1. The maximum atomic E-state index is 4.27. The SMILES string of the molecule is CCC(C)Nc1ncnc2[nH]c(C)cc12. The van der Waals surface area contributed by atoms with Gasteiger partial charge in [0.1, 0.15) is 17.8 Å². The van der Waals surface area contributed by atoms with Gasteiger partial charge in [0, 0.05) is 11.7 Å². The van der Waals surface area contributed by atoms with Crippen LogP contribution in [0.15, 0.2) is 12.4 Å². The van der Waals surface area contributed by atoms with E-state index < -0.39 is 0 Å². The molecule has 0 aliphatic heterocycles. The molecule has 0 amide bonds. The fourth-order valence-corrected chi connectivity index (χ4v) is 1.52. The minimum atomic E-state index is 0.429. The Bertz CT molecular complexity index is 461. The van der Waals surface area contributed by atoms with Gasteiger partial charge in [-0.1, -0.05) is 6.92 Å². The third-order valence-electron chi connectivity index (χ3n) is 2.56. The summed E-state index contributed by atoms with van der Waals surface area (Å²) in [4.78, 5) is 11.7. The third kappa shape index (κ3) is 1.93. The molecule has 80 valence electrons. The van der Waals surface area contributed by atoms with E-state index in [9.17, 15) is 0 Å². The first-order valence-corrected chi connectivity index (χ1v) is 5.27. The lowest BCUT2D eigenvalue weighted by Crippen LogP contribution is -2.14. The van der Waals surface area contributed by atoms with E-state index in [0.717, 1.165) is 29.0 Å². The van der Waals surface area contributed by atoms with Crippen molar-refractivity contribution in [1.29, 1.82) is 0 Å². The smallest absolute Gasteiger partial charge is 0.143 e. The molecule has 0 spiro atoms. The van der Waals surface area contributed by atoms with Crippen LogP contribution >= 0.6 is 0 Å². The quantitative estimate of drug-likeness (QED) is 0.807. The number of hydrogen-bond donors (Lipinski definition) is 2. The van der Waals surface area contributed by atoms with Crippen LogP contribution in [0.5, 0.6) is 0 Å². The Kier molecular flexibility index (Phi) is 2.58. The van der Waals surface area contributed by atoms with E-state index in [1.165, 1.54) is 0 Å². The summed E-state index contributed by atoms with van der Waals surface area (Å²) in [6.07, 6.45) is 2.66. The zero-order chi connectivity index (χ0) is 10.8. The van der Waals surface area contributed by atoms with Crippen molar-refractivity contribution in [3.05, 3.63) is 18.1 Å². The lowest BCUT2D eigenvalue weighted by atomic mass is 10.2. The molecule has 0 saturated carbocycles. The first-order valence-electron chi connectivity index (χ1n) is 5.27. The highest BCUT2D eigenvalue weighted by molar-refractivity contribution is 5.87. The van der Waals surface area contributed by atoms with Crippen molar-refractivity contribution in [1.82, 2.24) is 15.0 Å². The largest absolute Gasteiger partial charge is 0.367 e. The van der Waals surface area contributed by atoms with Crippen LogP contribution in [0.25, 0.3) is 11.0 Å². The third-order valence-corrected chi connectivity index (χ3v) is 2.56. The molecule has 4 heteroatoms. The lowest BCUT2D eigenvalue weighted by molar-refractivity contribution is 0.760. The van der Waals surface area contributed by atoms with Crippen LogP contribution in [0.2, 0.25) is 0 Å². The average Bonchev–Trinajstić information content (AvgIpc) is 2.59. The normalized spacial score (nSPS) is 13.0. The molecule has 2 aromatic heterocycles. The Balaban J connectivity index is 2.41. The molecule has 0 fully saturated rings. The van der Waals surface area contributed by atoms with Crippen molar-refractivity contribution < 1.29 is 0 Å². The van der Waals surface area contributed by atoms with Crippen LogP contribution in [-0.2, 0) is 0 Å². The van der Waals surface area contributed by atoms with Gasteiger partial charge in [-0.15, -0.1) is 0 Å². The summed E-state index contributed by atoms with van der Waals surface area (Å²) in [5, 5.41) is 4.44. The summed E-state index contributed by atoms with van der Waals surface area (Å²) in [7, 11) is 0. The van der Waals surface area contributed by atoms with Gasteiger partial charge in [-0.2, -0.15) is 0 Å². The molecule has 2 rings (SSSR count). The van der Waals surface area contributed by atoms with Gasteiger partial charge in [0.05, 0.1) is 5.39 Å². The number of H-pyrrole nitrogens is 1. The molecule has 4 nitrogen and oxygen atoms in total. The van der Waals surface area contributed by atoms with Crippen molar-refractivity contribution in [2.75, 3.05) is 5.32 Å². The van der Waals surface area contributed by atoms with Gasteiger partial charge in [0.2, 0.25) is 0 Å². The second-order valence-electron chi connectivity index (χ2n) is 3.89. The van der Waals surface area contributed by atoms with Crippen LogP contribution in [-0.4, -0.2) is 21.0 Å². The standard InChI is InChI=1S/C11H16N4/c1-4-7(2)14-10-9-5-8(3)15-11(9)13-6-12-10/h5-7H,4H2,1-3H3,(H2,12,13,14,15). The van der Waals surface area contributed by atoms with Gasteiger partial charge in [-0.05, 0) is 26.3 Å². The van der Waals surface area contributed by atoms with E-state index >= 15 is 0 Å². The zero-order valence-electron chi connectivity index (χ0n) is 9.33. The van der Waals surface area contributed by atoms with Crippen LogP contribution in [0.1, 0.15) is 26.0 Å². The fraction of sp³-hybridized carbons (Fsp3) is 0.455. The van der Waals surface area contributed by atoms with Gasteiger partial charge in [0.25, 0.3) is 0 Å². The molecular weight excluding hydrogens is 188 g/mol. The molecule has 0 aliphatic rings. The summed E-state index contributed by atoms with van der Waals surface area (Å²) >= 11 is 0. The van der Waals surface area contributed by atoms with Crippen molar-refractivity contribution in [3.63, 3.8) is 0 Å². The van der Waals surface area contributed by atoms with Gasteiger partial charge < -0.3 is 10.3 Å². The van der Waals surface area contributed by atoms with Crippen LogP contribution in [0.4, 0.5) is 5.82 Å². The van der Waals surface area contributed by atoms with Gasteiger partial charge in [0.15, 0.2) is 0 Å². The molecule has 2 aromatic rings. The Hall–Kier alpha value is -1.58. The van der Waals surface area contributed by atoms with Crippen molar-refractivity contribution in [2.45, 2.75) is 33.2 Å². The van der Waals surface area contributed by atoms with E-state index in [-0.39, 0.29) is 0 Å². The number of hydrogen-bond acceptors (Lipinski definition) is 3. The minimum absolute atomic E-state index is 0.429. The van der Waals surface area contributed by atoms with Crippen molar-refractivity contribution in [3.8, 4) is 0 Å². The first kappa shape index (κ1) is 9.96. The summed E-state index contributed by atoms with van der Waals surface area (Å²) in [5.74, 6) is 0.915. The molecule has 2 N–H and O–H groups in total. The Morgan fingerprint density at radius 1 is 1.47 bits per heavy atom. The molecular formula is C11H16N4. The van der Waals surface area contributed by atoms with Crippen molar-refractivity contribution in [2.24, 2.45) is 0 Å². The van der Waals surface area contributed by atoms with E-state index in [0.29, 0.717) is 6.04 Å². The predicted molar refractivity (Wildman–Crippen MR) is 62.0 cm³/mol. The first-order chi connectivity index (χ1) is 7.20. The number of nitrogens with zero attached hydrogens (tertiary/aromatic N) is 2. The van der Waals surface area contributed by atoms with E-state index in [4.69, 9.17) is 0 Å². The molecule has 1 unspecified atom stereocenters. The number of fused-ring (bicyclic) bond motifs is 1. The second kappa shape index (κ2) is 3.88. The molecule has 0 radical (unpaired) electrons. The second-order valence-corrected chi connectivity index (χ2v) is 3.89. The average molecular weight is 204 g/mol. The Labute approximate surface area is 89.1 Å². The lowest BCUT2D eigenvalue weighted by Gasteiger charge is -2.11. The zero-order valence-corrected chi connectivity index (χ0v) is 9.33. The highest BCUT2D eigenvalue weighted by atomic mass is 15.0. The van der Waals surface area contributed by atoms with Gasteiger partial charge >= 0.3 is 0 Å².